The van der Waals surface area contributed by atoms with E-state index in [0.29, 0.717) is 24.0 Å². The lowest BCUT2D eigenvalue weighted by Gasteiger charge is -2.12. The van der Waals surface area contributed by atoms with Gasteiger partial charge in [0.05, 0.1) is 17.7 Å². The quantitative estimate of drug-likeness (QED) is 0.771. The van der Waals surface area contributed by atoms with Crippen molar-refractivity contribution in [2.24, 2.45) is 0 Å². The SMILES string of the molecule is O=C(CCCc1ccccc1)CN1C(=O)c2ccccc2C1=O. The molecule has 2 aromatic carbocycles. The summed E-state index contributed by atoms with van der Waals surface area (Å²) in [7, 11) is 0. The van der Waals surface area contributed by atoms with Gasteiger partial charge in [-0.15, -0.1) is 0 Å². The van der Waals surface area contributed by atoms with Crippen LogP contribution in [0.1, 0.15) is 39.1 Å². The smallest absolute Gasteiger partial charge is 0.261 e. The molecule has 0 saturated carbocycles. The Morgan fingerprint density at radius 1 is 0.826 bits per heavy atom. The Bertz CT molecular complexity index is 717. The van der Waals surface area contributed by atoms with E-state index in [1.54, 1.807) is 24.3 Å². The second-order valence-corrected chi connectivity index (χ2v) is 5.62. The second-order valence-electron chi connectivity index (χ2n) is 5.62. The van der Waals surface area contributed by atoms with Crippen LogP contribution in [0.4, 0.5) is 0 Å². The Morgan fingerprint density at radius 2 is 1.39 bits per heavy atom. The minimum Gasteiger partial charge on any atom is -0.298 e. The van der Waals surface area contributed by atoms with Crippen LogP contribution in [0.2, 0.25) is 0 Å². The first-order valence-corrected chi connectivity index (χ1v) is 7.67. The predicted octanol–water partition coefficient (Wildman–Crippen LogP) is 2.87. The standard InChI is InChI=1S/C19H17NO3/c21-15(10-6-9-14-7-2-1-3-8-14)13-20-18(22)16-11-4-5-12-17(16)19(20)23/h1-5,7-8,11-12H,6,9-10,13H2. The number of nitrogens with zero attached hydrogens (tertiary/aromatic N) is 1. The van der Waals surface area contributed by atoms with Gasteiger partial charge in [0.15, 0.2) is 5.78 Å². The molecule has 1 aliphatic rings. The first kappa shape index (κ1) is 15.2. The van der Waals surface area contributed by atoms with Crippen molar-refractivity contribution in [3.63, 3.8) is 0 Å². The summed E-state index contributed by atoms with van der Waals surface area (Å²) in [6, 6.07) is 16.6. The summed E-state index contributed by atoms with van der Waals surface area (Å²) in [4.78, 5) is 37.5. The lowest BCUT2D eigenvalue weighted by molar-refractivity contribution is -0.119. The lowest BCUT2D eigenvalue weighted by atomic mass is 10.1. The molecule has 0 saturated heterocycles. The van der Waals surface area contributed by atoms with Gasteiger partial charge in [0, 0.05) is 6.42 Å². The number of amides is 2. The maximum absolute atomic E-state index is 12.2. The molecule has 0 fully saturated rings. The second kappa shape index (κ2) is 6.57. The van der Waals surface area contributed by atoms with Gasteiger partial charge in [0.1, 0.15) is 0 Å². The van der Waals surface area contributed by atoms with Crippen LogP contribution in [0.5, 0.6) is 0 Å². The fourth-order valence-corrected chi connectivity index (χ4v) is 2.77. The molecule has 0 bridgehead atoms. The Kier molecular flexibility index (Phi) is 4.33. The van der Waals surface area contributed by atoms with E-state index in [-0.39, 0.29) is 24.1 Å². The summed E-state index contributed by atoms with van der Waals surface area (Å²) < 4.78 is 0. The zero-order valence-corrected chi connectivity index (χ0v) is 12.7. The molecule has 4 heteroatoms. The van der Waals surface area contributed by atoms with Crippen molar-refractivity contribution in [3.8, 4) is 0 Å². The monoisotopic (exact) mass is 307 g/mol. The van der Waals surface area contributed by atoms with Crippen molar-refractivity contribution >= 4 is 17.6 Å². The van der Waals surface area contributed by atoms with Gasteiger partial charge >= 0.3 is 0 Å². The summed E-state index contributed by atoms with van der Waals surface area (Å²) in [6.07, 6.45) is 1.89. The fourth-order valence-electron chi connectivity index (χ4n) is 2.77. The minimum absolute atomic E-state index is 0.0876. The summed E-state index contributed by atoms with van der Waals surface area (Å²) in [5, 5.41) is 0. The normalized spacial score (nSPS) is 13.3. The molecule has 3 rings (SSSR count). The number of carbonyl (C=O) groups is 3. The fraction of sp³-hybridized carbons (Fsp3) is 0.211. The van der Waals surface area contributed by atoms with E-state index in [9.17, 15) is 14.4 Å². The maximum Gasteiger partial charge on any atom is 0.261 e. The Labute approximate surface area is 134 Å². The molecule has 0 spiro atoms. The van der Waals surface area contributed by atoms with Crippen LogP contribution < -0.4 is 0 Å². The molecular weight excluding hydrogens is 290 g/mol. The molecule has 2 aromatic rings. The molecule has 116 valence electrons. The van der Waals surface area contributed by atoms with Crippen molar-refractivity contribution < 1.29 is 14.4 Å². The van der Waals surface area contributed by atoms with E-state index >= 15 is 0 Å². The number of imide groups is 1. The van der Waals surface area contributed by atoms with Crippen molar-refractivity contribution in [2.45, 2.75) is 19.3 Å². The third-order valence-electron chi connectivity index (χ3n) is 3.98. The molecular formula is C19H17NO3. The number of benzene rings is 2. The van der Waals surface area contributed by atoms with Crippen LogP contribution >= 0.6 is 0 Å². The average Bonchev–Trinajstić information content (AvgIpc) is 2.81. The molecule has 0 aromatic heterocycles. The highest BCUT2D eigenvalue weighted by Gasteiger charge is 2.35. The van der Waals surface area contributed by atoms with E-state index in [4.69, 9.17) is 0 Å². The average molecular weight is 307 g/mol. The summed E-state index contributed by atoms with van der Waals surface area (Å²) in [6.45, 7) is -0.138. The summed E-state index contributed by atoms with van der Waals surface area (Å²) in [5.74, 6) is -0.834. The zero-order chi connectivity index (χ0) is 16.2. The number of fused-ring (bicyclic) bond motifs is 1. The Hall–Kier alpha value is -2.75. The van der Waals surface area contributed by atoms with Gasteiger partial charge in [0.25, 0.3) is 11.8 Å². The first-order valence-electron chi connectivity index (χ1n) is 7.67. The van der Waals surface area contributed by atoms with Crippen LogP contribution in [-0.4, -0.2) is 29.0 Å². The highest BCUT2D eigenvalue weighted by atomic mass is 16.2. The van der Waals surface area contributed by atoms with Gasteiger partial charge in [0.2, 0.25) is 0 Å². The molecule has 0 aliphatic carbocycles. The topological polar surface area (TPSA) is 54.5 Å². The zero-order valence-electron chi connectivity index (χ0n) is 12.7. The number of ketones is 1. The minimum atomic E-state index is -0.373. The van der Waals surface area contributed by atoms with Gasteiger partial charge < -0.3 is 0 Å². The summed E-state index contributed by atoms with van der Waals surface area (Å²) in [5.41, 5.74) is 1.95. The molecule has 23 heavy (non-hydrogen) atoms. The van der Waals surface area contributed by atoms with Crippen molar-refractivity contribution in [3.05, 3.63) is 71.3 Å². The lowest BCUT2D eigenvalue weighted by Crippen LogP contribution is -2.34. The van der Waals surface area contributed by atoms with Crippen molar-refractivity contribution in [1.82, 2.24) is 4.90 Å². The molecule has 1 aliphatic heterocycles. The molecule has 0 N–H and O–H groups in total. The number of hydrogen-bond acceptors (Lipinski definition) is 3. The molecule has 4 nitrogen and oxygen atoms in total. The number of carbonyl (C=O) groups excluding carboxylic acids is 3. The molecule has 1 heterocycles. The van der Waals surface area contributed by atoms with Crippen molar-refractivity contribution in [1.29, 1.82) is 0 Å². The Morgan fingerprint density at radius 3 is 2.00 bits per heavy atom. The number of Topliss-reactive ketones (excluding diaryl/α,β-unsaturated/α-hetero) is 1. The highest BCUT2D eigenvalue weighted by molar-refractivity contribution is 6.22. The van der Waals surface area contributed by atoms with Gasteiger partial charge in [-0.2, -0.15) is 0 Å². The molecule has 0 radical (unpaired) electrons. The van der Waals surface area contributed by atoms with Crippen LogP contribution in [0.3, 0.4) is 0 Å². The van der Waals surface area contributed by atoms with E-state index < -0.39 is 0 Å². The highest BCUT2D eigenvalue weighted by Crippen LogP contribution is 2.22. The van der Waals surface area contributed by atoms with E-state index in [1.807, 2.05) is 30.3 Å². The Balaban J connectivity index is 1.55. The van der Waals surface area contributed by atoms with Crippen LogP contribution in [-0.2, 0) is 11.2 Å². The van der Waals surface area contributed by atoms with Crippen LogP contribution in [0.15, 0.2) is 54.6 Å². The van der Waals surface area contributed by atoms with Gasteiger partial charge in [-0.25, -0.2) is 0 Å². The molecule has 0 atom stereocenters. The first-order chi connectivity index (χ1) is 11.2. The largest absolute Gasteiger partial charge is 0.298 e. The van der Waals surface area contributed by atoms with Gasteiger partial charge in [-0.3, -0.25) is 19.3 Å². The molecule has 2 amide bonds. The number of rotatable bonds is 6. The van der Waals surface area contributed by atoms with Gasteiger partial charge in [-0.05, 0) is 30.5 Å². The number of hydrogen-bond donors (Lipinski definition) is 0. The summed E-state index contributed by atoms with van der Waals surface area (Å²) >= 11 is 0. The maximum atomic E-state index is 12.2. The van der Waals surface area contributed by atoms with Crippen LogP contribution in [0.25, 0.3) is 0 Å². The predicted molar refractivity (Wildman–Crippen MR) is 86.2 cm³/mol. The number of aryl methyl sites for hydroxylation is 1. The van der Waals surface area contributed by atoms with Crippen molar-refractivity contribution in [2.75, 3.05) is 6.54 Å². The third-order valence-corrected chi connectivity index (χ3v) is 3.98. The van der Waals surface area contributed by atoms with Crippen LogP contribution in [0, 0.1) is 0 Å². The third kappa shape index (κ3) is 3.21. The van der Waals surface area contributed by atoms with Gasteiger partial charge in [-0.1, -0.05) is 42.5 Å². The van der Waals surface area contributed by atoms with E-state index in [2.05, 4.69) is 0 Å². The van der Waals surface area contributed by atoms with E-state index in [1.165, 1.54) is 5.56 Å². The molecule has 0 unspecified atom stereocenters. The van der Waals surface area contributed by atoms with E-state index in [0.717, 1.165) is 11.3 Å².